The van der Waals surface area contributed by atoms with Gasteiger partial charge in [-0.3, -0.25) is 4.79 Å². The van der Waals surface area contributed by atoms with Crippen LogP contribution in [0.25, 0.3) is 0 Å². The highest BCUT2D eigenvalue weighted by Gasteiger charge is 2.12. The highest BCUT2D eigenvalue weighted by molar-refractivity contribution is 7.99. The molecule has 0 radical (unpaired) electrons. The quantitative estimate of drug-likeness (QED) is 0.490. The minimum absolute atomic E-state index is 0.248. The summed E-state index contributed by atoms with van der Waals surface area (Å²) in [5, 5.41) is 6.03. The van der Waals surface area contributed by atoms with E-state index >= 15 is 0 Å². The molecule has 0 bridgehead atoms. The maximum Gasteiger partial charge on any atom is 0.288 e. The van der Waals surface area contributed by atoms with Gasteiger partial charge in [0.2, 0.25) is 0 Å². The van der Waals surface area contributed by atoms with Crippen molar-refractivity contribution in [3.05, 3.63) is 83.9 Å². The number of rotatable bonds is 6. The van der Waals surface area contributed by atoms with Gasteiger partial charge in [-0.15, -0.1) is 0 Å². The number of carbonyl (C=O) groups is 1. The molecule has 0 heterocycles. The van der Waals surface area contributed by atoms with E-state index in [4.69, 9.17) is 0 Å². The summed E-state index contributed by atoms with van der Waals surface area (Å²) in [6.07, 6.45) is 0. The van der Waals surface area contributed by atoms with Crippen LogP contribution in [0.15, 0.2) is 77.7 Å². The van der Waals surface area contributed by atoms with Gasteiger partial charge in [0.25, 0.3) is 11.7 Å². The fourth-order valence-electron chi connectivity index (χ4n) is 2.62. The van der Waals surface area contributed by atoms with E-state index in [1.54, 1.807) is 42.5 Å². The molecule has 3 nitrogen and oxygen atoms in total. The van der Waals surface area contributed by atoms with E-state index in [0.29, 0.717) is 39.3 Å². The maximum atomic E-state index is 12.7. The summed E-state index contributed by atoms with van der Waals surface area (Å²) in [6, 6.07) is 21.3. The Bertz CT molecular complexity index is 947. The van der Waals surface area contributed by atoms with Gasteiger partial charge in [-0.25, -0.2) is 0 Å². The highest BCUT2D eigenvalue weighted by atomic mass is 32.2. The molecule has 0 saturated heterocycles. The van der Waals surface area contributed by atoms with Crippen molar-refractivity contribution in [1.29, 1.82) is 0 Å². The lowest BCUT2D eigenvalue weighted by Crippen LogP contribution is -2.13. The Labute approximate surface area is 160 Å². The summed E-state index contributed by atoms with van der Waals surface area (Å²) in [7, 11) is 0. The topological polar surface area (TPSA) is 41.1 Å². The predicted octanol–water partition coefficient (Wildman–Crippen LogP) is 6.31. The minimum atomic E-state index is -2.48. The number of nitrogens with one attached hydrogen (secondary N) is 2. The summed E-state index contributed by atoms with van der Waals surface area (Å²) in [5.41, 5.74) is 3.46. The van der Waals surface area contributed by atoms with Crippen molar-refractivity contribution in [3.63, 3.8) is 0 Å². The van der Waals surface area contributed by atoms with Crippen molar-refractivity contribution in [1.82, 2.24) is 0 Å². The van der Waals surface area contributed by atoms with Crippen LogP contribution in [-0.4, -0.2) is 11.7 Å². The van der Waals surface area contributed by atoms with E-state index in [-0.39, 0.29) is 5.91 Å². The fourth-order valence-corrected chi connectivity index (χ4v) is 3.17. The number of para-hydroxylation sites is 1. The van der Waals surface area contributed by atoms with Crippen molar-refractivity contribution in [2.24, 2.45) is 0 Å². The smallest absolute Gasteiger partial charge is 0.288 e. The molecule has 0 spiro atoms. The Morgan fingerprint density at radius 3 is 2.44 bits per heavy atom. The highest BCUT2D eigenvalue weighted by Crippen LogP contribution is 2.29. The number of thioether (sulfide) groups is 1. The second-order valence-electron chi connectivity index (χ2n) is 5.90. The SMILES string of the molecule is Cc1cccc(NC(=O)c2ccccc2Nc2cccc(SC(F)F)c2)c1. The van der Waals surface area contributed by atoms with Crippen molar-refractivity contribution in [3.8, 4) is 0 Å². The van der Waals surface area contributed by atoms with Crippen LogP contribution in [0, 0.1) is 6.92 Å². The Kier molecular flexibility index (Phi) is 6.08. The molecule has 2 N–H and O–H groups in total. The van der Waals surface area contributed by atoms with E-state index in [1.807, 2.05) is 37.3 Å². The Hall–Kier alpha value is -2.86. The zero-order valence-corrected chi connectivity index (χ0v) is 15.4. The minimum Gasteiger partial charge on any atom is -0.355 e. The third-order valence-corrected chi connectivity index (χ3v) is 4.49. The van der Waals surface area contributed by atoms with Gasteiger partial charge < -0.3 is 10.6 Å². The van der Waals surface area contributed by atoms with E-state index in [1.165, 1.54) is 0 Å². The van der Waals surface area contributed by atoms with Gasteiger partial charge in [0.1, 0.15) is 0 Å². The van der Waals surface area contributed by atoms with Crippen molar-refractivity contribution in [2.75, 3.05) is 10.6 Å². The number of anilines is 3. The van der Waals surface area contributed by atoms with Gasteiger partial charge in [-0.05, 0) is 55.0 Å². The van der Waals surface area contributed by atoms with E-state index < -0.39 is 5.76 Å². The first-order chi connectivity index (χ1) is 13.0. The van der Waals surface area contributed by atoms with Gasteiger partial charge in [0.15, 0.2) is 0 Å². The molecule has 6 heteroatoms. The van der Waals surface area contributed by atoms with Gasteiger partial charge >= 0.3 is 0 Å². The van der Waals surface area contributed by atoms with Crippen LogP contribution < -0.4 is 10.6 Å². The summed E-state index contributed by atoms with van der Waals surface area (Å²) in [6.45, 7) is 1.95. The molecule has 138 valence electrons. The van der Waals surface area contributed by atoms with Crippen LogP contribution in [0.4, 0.5) is 25.8 Å². The first-order valence-corrected chi connectivity index (χ1v) is 9.18. The largest absolute Gasteiger partial charge is 0.355 e. The standard InChI is InChI=1S/C21H18F2N2OS/c1-14-6-4-7-15(12-14)25-20(26)18-10-2-3-11-19(18)24-16-8-5-9-17(13-16)27-21(22)23/h2-13,21,24H,1H3,(H,25,26). The number of benzene rings is 3. The second-order valence-corrected chi connectivity index (χ2v) is 6.96. The number of carbonyl (C=O) groups excluding carboxylic acids is 1. The van der Waals surface area contributed by atoms with E-state index in [2.05, 4.69) is 10.6 Å². The van der Waals surface area contributed by atoms with Crippen LogP contribution in [0.1, 0.15) is 15.9 Å². The number of aryl methyl sites for hydroxylation is 1. The molecule has 0 saturated carbocycles. The monoisotopic (exact) mass is 384 g/mol. The molecule has 0 aliphatic rings. The normalized spacial score (nSPS) is 10.7. The molecule has 0 aliphatic heterocycles. The van der Waals surface area contributed by atoms with Crippen LogP contribution in [0.3, 0.4) is 0 Å². The first-order valence-electron chi connectivity index (χ1n) is 8.30. The molecule has 3 aromatic carbocycles. The Morgan fingerprint density at radius 1 is 0.926 bits per heavy atom. The number of halogens is 2. The second kappa shape index (κ2) is 8.68. The molecule has 0 aromatic heterocycles. The first kappa shape index (κ1) is 18.9. The molecule has 27 heavy (non-hydrogen) atoms. The van der Waals surface area contributed by atoms with Crippen molar-refractivity contribution in [2.45, 2.75) is 17.6 Å². The van der Waals surface area contributed by atoms with Gasteiger partial charge in [0, 0.05) is 16.3 Å². The summed E-state index contributed by atoms with van der Waals surface area (Å²) in [5.74, 6) is -2.73. The molecule has 0 unspecified atom stereocenters. The molecule has 1 amide bonds. The zero-order chi connectivity index (χ0) is 19.2. The lowest BCUT2D eigenvalue weighted by molar-refractivity contribution is 0.102. The molecule has 3 aromatic rings. The van der Waals surface area contributed by atoms with Crippen molar-refractivity contribution < 1.29 is 13.6 Å². The molecule has 3 rings (SSSR count). The van der Waals surface area contributed by atoms with Gasteiger partial charge in [0.05, 0.1) is 11.3 Å². The Morgan fingerprint density at radius 2 is 1.67 bits per heavy atom. The summed E-state index contributed by atoms with van der Waals surface area (Å²) in [4.78, 5) is 13.1. The van der Waals surface area contributed by atoms with Crippen LogP contribution in [0.2, 0.25) is 0 Å². The summed E-state index contributed by atoms with van der Waals surface area (Å²) < 4.78 is 25.1. The molecule has 0 aliphatic carbocycles. The third-order valence-electron chi connectivity index (χ3n) is 3.79. The average Bonchev–Trinajstić information content (AvgIpc) is 2.62. The van der Waals surface area contributed by atoms with Gasteiger partial charge in [-0.2, -0.15) is 8.78 Å². The average molecular weight is 384 g/mol. The molecule has 0 fully saturated rings. The number of amides is 1. The third kappa shape index (κ3) is 5.31. The predicted molar refractivity (Wildman–Crippen MR) is 107 cm³/mol. The maximum absolute atomic E-state index is 12.7. The van der Waals surface area contributed by atoms with E-state index in [9.17, 15) is 13.6 Å². The fraction of sp³-hybridized carbons (Fsp3) is 0.0952. The van der Waals surface area contributed by atoms with Gasteiger partial charge in [-0.1, -0.05) is 42.1 Å². The number of hydrogen-bond donors (Lipinski definition) is 2. The van der Waals surface area contributed by atoms with Crippen LogP contribution >= 0.6 is 11.8 Å². The Balaban J connectivity index is 1.81. The lowest BCUT2D eigenvalue weighted by atomic mass is 10.1. The zero-order valence-electron chi connectivity index (χ0n) is 14.6. The number of alkyl halides is 2. The van der Waals surface area contributed by atoms with E-state index in [0.717, 1.165) is 5.56 Å². The molecular weight excluding hydrogens is 366 g/mol. The molecule has 0 atom stereocenters. The van der Waals surface area contributed by atoms with Crippen LogP contribution in [0.5, 0.6) is 0 Å². The van der Waals surface area contributed by atoms with Crippen molar-refractivity contribution >= 4 is 34.7 Å². The lowest BCUT2D eigenvalue weighted by Gasteiger charge is -2.13. The number of hydrogen-bond acceptors (Lipinski definition) is 3. The summed E-state index contributed by atoms with van der Waals surface area (Å²) >= 11 is 0.484. The molecular formula is C21H18F2N2OS. The van der Waals surface area contributed by atoms with Crippen LogP contribution in [-0.2, 0) is 0 Å².